The standard InChI is InChI=1S/C15H10N2OS/c1-10-13(6-7-18-10)15-17-14(9-19-15)12-4-2-11(8-16)3-5-12/h2-7,9H,1H3. The fourth-order valence-electron chi connectivity index (χ4n) is 1.85. The fourth-order valence-corrected chi connectivity index (χ4v) is 2.75. The zero-order valence-electron chi connectivity index (χ0n) is 10.3. The summed E-state index contributed by atoms with van der Waals surface area (Å²) in [5.41, 5.74) is 3.63. The number of aryl methyl sites for hydroxylation is 1. The van der Waals surface area contributed by atoms with Crippen LogP contribution in [0.1, 0.15) is 11.3 Å². The lowest BCUT2D eigenvalue weighted by molar-refractivity contribution is 0.535. The van der Waals surface area contributed by atoms with Crippen LogP contribution in [0.2, 0.25) is 0 Å². The van der Waals surface area contributed by atoms with Gasteiger partial charge in [-0.15, -0.1) is 11.3 Å². The second-order valence-corrected chi connectivity index (χ2v) is 4.98. The van der Waals surface area contributed by atoms with E-state index in [1.807, 2.05) is 30.5 Å². The Morgan fingerprint density at radius 2 is 2.00 bits per heavy atom. The molecule has 0 amide bonds. The number of furan rings is 1. The molecule has 2 aromatic heterocycles. The van der Waals surface area contributed by atoms with Crippen molar-refractivity contribution in [1.82, 2.24) is 4.98 Å². The van der Waals surface area contributed by atoms with Crippen LogP contribution >= 0.6 is 11.3 Å². The third-order valence-electron chi connectivity index (χ3n) is 2.90. The largest absolute Gasteiger partial charge is 0.469 e. The molecule has 0 radical (unpaired) electrons. The number of thiazole rings is 1. The lowest BCUT2D eigenvalue weighted by Gasteiger charge is -1.96. The fraction of sp³-hybridized carbons (Fsp3) is 0.0667. The molecule has 0 aliphatic rings. The smallest absolute Gasteiger partial charge is 0.127 e. The molecule has 0 unspecified atom stereocenters. The van der Waals surface area contributed by atoms with Crippen LogP contribution in [0.5, 0.6) is 0 Å². The van der Waals surface area contributed by atoms with Crippen LogP contribution in [0.3, 0.4) is 0 Å². The molecule has 1 aromatic carbocycles. The summed E-state index contributed by atoms with van der Waals surface area (Å²) in [5.74, 6) is 0.876. The number of aromatic nitrogens is 1. The van der Waals surface area contributed by atoms with Gasteiger partial charge in [0.2, 0.25) is 0 Å². The van der Waals surface area contributed by atoms with Gasteiger partial charge in [0.05, 0.1) is 29.2 Å². The first-order valence-electron chi connectivity index (χ1n) is 5.78. The highest BCUT2D eigenvalue weighted by Crippen LogP contribution is 2.31. The van der Waals surface area contributed by atoms with Crippen LogP contribution in [0.15, 0.2) is 46.4 Å². The van der Waals surface area contributed by atoms with E-state index in [4.69, 9.17) is 9.68 Å². The molecular weight excluding hydrogens is 256 g/mol. The number of hydrogen-bond donors (Lipinski definition) is 0. The second-order valence-electron chi connectivity index (χ2n) is 4.12. The van der Waals surface area contributed by atoms with Crippen molar-refractivity contribution in [1.29, 1.82) is 5.26 Å². The number of nitrogens with zero attached hydrogens (tertiary/aromatic N) is 2. The lowest BCUT2D eigenvalue weighted by atomic mass is 10.1. The van der Waals surface area contributed by atoms with Crippen molar-refractivity contribution in [3.8, 4) is 27.9 Å². The Morgan fingerprint density at radius 3 is 2.63 bits per heavy atom. The van der Waals surface area contributed by atoms with Crippen molar-refractivity contribution in [3.63, 3.8) is 0 Å². The Hall–Kier alpha value is -2.38. The van der Waals surface area contributed by atoms with E-state index in [9.17, 15) is 0 Å². The maximum atomic E-state index is 8.78. The average molecular weight is 266 g/mol. The van der Waals surface area contributed by atoms with E-state index in [-0.39, 0.29) is 0 Å². The van der Waals surface area contributed by atoms with Crippen LogP contribution in [-0.4, -0.2) is 4.98 Å². The normalized spacial score (nSPS) is 10.3. The molecule has 0 N–H and O–H groups in total. The van der Waals surface area contributed by atoms with Crippen LogP contribution < -0.4 is 0 Å². The van der Waals surface area contributed by atoms with E-state index in [2.05, 4.69) is 11.1 Å². The molecule has 92 valence electrons. The summed E-state index contributed by atoms with van der Waals surface area (Å²) in [6.07, 6.45) is 1.67. The molecule has 4 heteroatoms. The van der Waals surface area contributed by atoms with Gasteiger partial charge in [-0.2, -0.15) is 5.26 Å². The Labute approximate surface area is 114 Å². The van der Waals surface area contributed by atoms with Gasteiger partial charge < -0.3 is 4.42 Å². The van der Waals surface area contributed by atoms with E-state index >= 15 is 0 Å². The quantitative estimate of drug-likeness (QED) is 0.696. The molecule has 19 heavy (non-hydrogen) atoms. The molecule has 0 spiro atoms. The highest BCUT2D eigenvalue weighted by molar-refractivity contribution is 7.13. The number of rotatable bonds is 2. The molecule has 2 heterocycles. The van der Waals surface area contributed by atoms with Gasteiger partial charge in [0.1, 0.15) is 10.8 Å². The zero-order chi connectivity index (χ0) is 13.2. The Bertz CT molecular complexity index is 747. The number of benzene rings is 1. The lowest BCUT2D eigenvalue weighted by Crippen LogP contribution is -1.80. The highest BCUT2D eigenvalue weighted by Gasteiger charge is 2.10. The number of nitriles is 1. The minimum absolute atomic E-state index is 0.657. The van der Waals surface area contributed by atoms with Gasteiger partial charge in [-0.05, 0) is 25.1 Å². The highest BCUT2D eigenvalue weighted by atomic mass is 32.1. The number of hydrogen-bond acceptors (Lipinski definition) is 4. The van der Waals surface area contributed by atoms with Crippen molar-refractivity contribution in [3.05, 3.63) is 53.3 Å². The summed E-state index contributed by atoms with van der Waals surface area (Å²) >= 11 is 1.59. The maximum absolute atomic E-state index is 8.78. The van der Waals surface area contributed by atoms with Crippen molar-refractivity contribution < 1.29 is 4.42 Å². The molecule has 0 saturated carbocycles. The van der Waals surface area contributed by atoms with Gasteiger partial charge in [0, 0.05) is 10.9 Å². The van der Waals surface area contributed by atoms with Gasteiger partial charge in [0.25, 0.3) is 0 Å². The zero-order valence-corrected chi connectivity index (χ0v) is 11.1. The second kappa shape index (κ2) is 4.71. The van der Waals surface area contributed by atoms with E-state index in [1.165, 1.54) is 0 Å². The minimum Gasteiger partial charge on any atom is -0.469 e. The summed E-state index contributed by atoms with van der Waals surface area (Å²) in [4.78, 5) is 4.61. The first-order chi connectivity index (χ1) is 9.28. The van der Waals surface area contributed by atoms with E-state index in [1.54, 1.807) is 29.7 Å². The average Bonchev–Trinajstić information content (AvgIpc) is 3.07. The van der Waals surface area contributed by atoms with Gasteiger partial charge in [-0.1, -0.05) is 12.1 Å². The van der Waals surface area contributed by atoms with Crippen LogP contribution in [0.25, 0.3) is 21.8 Å². The first kappa shape index (κ1) is 11.7. The van der Waals surface area contributed by atoms with E-state index in [0.717, 1.165) is 27.6 Å². The van der Waals surface area contributed by atoms with Crippen LogP contribution in [0.4, 0.5) is 0 Å². The predicted octanol–water partition coefficient (Wildman–Crippen LogP) is 4.25. The van der Waals surface area contributed by atoms with E-state index < -0.39 is 0 Å². The van der Waals surface area contributed by atoms with Crippen molar-refractivity contribution in [2.24, 2.45) is 0 Å². The van der Waals surface area contributed by atoms with E-state index in [0.29, 0.717) is 5.56 Å². The van der Waals surface area contributed by atoms with Gasteiger partial charge in [0.15, 0.2) is 0 Å². The molecule has 0 fully saturated rings. The van der Waals surface area contributed by atoms with Crippen molar-refractivity contribution in [2.45, 2.75) is 6.92 Å². The molecule has 0 atom stereocenters. The van der Waals surface area contributed by atoms with Crippen molar-refractivity contribution >= 4 is 11.3 Å². The van der Waals surface area contributed by atoms with Gasteiger partial charge >= 0.3 is 0 Å². The molecule has 0 saturated heterocycles. The Balaban J connectivity index is 1.97. The monoisotopic (exact) mass is 266 g/mol. The summed E-state index contributed by atoms with van der Waals surface area (Å²) in [6.45, 7) is 1.93. The third kappa shape index (κ3) is 2.16. The molecule has 0 aliphatic carbocycles. The van der Waals surface area contributed by atoms with Crippen molar-refractivity contribution in [2.75, 3.05) is 0 Å². The maximum Gasteiger partial charge on any atom is 0.127 e. The summed E-state index contributed by atoms with van der Waals surface area (Å²) in [5, 5.41) is 11.8. The molecular formula is C15H10N2OS. The van der Waals surface area contributed by atoms with Crippen LogP contribution in [0, 0.1) is 18.3 Å². The van der Waals surface area contributed by atoms with Gasteiger partial charge in [-0.3, -0.25) is 0 Å². The Kier molecular flexibility index (Phi) is 2.90. The SMILES string of the molecule is Cc1occc1-c1nc(-c2ccc(C#N)cc2)cs1. The predicted molar refractivity (Wildman–Crippen MR) is 74.7 cm³/mol. The summed E-state index contributed by atoms with van der Waals surface area (Å²) < 4.78 is 5.29. The molecule has 3 rings (SSSR count). The molecule has 0 aliphatic heterocycles. The summed E-state index contributed by atoms with van der Waals surface area (Å²) in [6, 6.07) is 11.5. The first-order valence-corrected chi connectivity index (χ1v) is 6.66. The summed E-state index contributed by atoms with van der Waals surface area (Å²) in [7, 11) is 0. The van der Waals surface area contributed by atoms with Crippen LogP contribution in [-0.2, 0) is 0 Å². The molecule has 3 nitrogen and oxygen atoms in total. The van der Waals surface area contributed by atoms with Gasteiger partial charge in [-0.25, -0.2) is 4.98 Å². The molecule has 3 aromatic rings. The Morgan fingerprint density at radius 1 is 1.21 bits per heavy atom. The topological polar surface area (TPSA) is 49.8 Å². The minimum atomic E-state index is 0.657. The third-order valence-corrected chi connectivity index (χ3v) is 3.78. The molecule has 0 bridgehead atoms.